The third-order valence-corrected chi connectivity index (χ3v) is 4.27. The van der Waals surface area contributed by atoms with Gasteiger partial charge in [-0.1, -0.05) is 13.0 Å². The molecule has 0 saturated carbocycles. The predicted octanol–water partition coefficient (Wildman–Crippen LogP) is 2.66. The average Bonchev–Trinajstić information content (AvgIpc) is 2.62. The van der Waals surface area contributed by atoms with E-state index in [-0.39, 0.29) is 0 Å². The van der Waals surface area contributed by atoms with Crippen molar-refractivity contribution in [3.05, 3.63) is 53.9 Å². The predicted molar refractivity (Wildman–Crippen MR) is 97.0 cm³/mol. The van der Waals surface area contributed by atoms with Crippen molar-refractivity contribution in [2.45, 2.75) is 25.9 Å². The molecule has 1 atom stereocenters. The summed E-state index contributed by atoms with van der Waals surface area (Å²) < 4.78 is 5.15. The second-order valence-corrected chi connectivity index (χ2v) is 5.85. The lowest BCUT2D eigenvalue weighted by molar-refractivity contribution is 0.144. The highest BCUT2D eigenvalue weighted by Gasteiger charge is 2.12. The number of hydrogen-bond acceptors (Lipinski definition) is 5. The van der Waals surface area contributed by atoms with Crippen molar-refractivity contribution in [2.24, 2.45) is 0 Å². The van der Waals surface area contributed by atoms with Crippen molar-refractivity contribution in [1.29, 1.82) is 0 Å². The average molecular weight is 329 g/mol. The van der Waals surface area contributed by atoms with Gasteiger partial charge in [0.1, 0.15) is 5.75 Å². The van der Waals surface area contributed by atoms with Crippen molar-refractivity contribution in [1.82, 2.24) is 9.88 Å². The number of nitrogens with two attached hydrogens (primary N) is 1. The van der Waals surface area contributed by atoms with Crippen LogP contribution in [0.25, 0.3) is 0 Å². The fraction of sp³-hybridized carbons (Fsp3) is 0.421. The Morgan fingerprint density at radius 1 is 1.21 bits per heavy atom. The van der Waals surface area contributed by atoms with Gasteiger partial charge in [0.05, 0.1) is 18.9 Å². The summed E-state index contributed by atoms with van der Waals surface area (Å²) in [5.74, 6) is 0.637. The molecular formula is C19H27N3O2. The van der Waals surface area contributed by atoms with E-state index in [1.165, 1.54) is 5.56 Å². The zero-order chi connectivity index (χ0) is 17.4. The van der Waals surface area contributed by atoms with Crippen LogP contribution in [0.15, 0.2) is 42.7 Å². The van der Waals surface area contributed by atoms with Crippen LogP contribution in [0.2, 0.25) is 0 Å². The monoisotopic (exact) mass is 329 g/mol. The summed E-state index contributed by atoms with van der Waals surface area (Å²) >= 11 is 0. The Labute approximate surface area is 144 Å². The van der Waals surface area contributed by atoms with E-state index in [1.807, 2.05) is 30.6 Å². The number of aliphatic hydroxyl groups is 1. The Kier molecular flexibility index (Phi) is 7.03. The molecule has 0 amide bonds. The molecule has 130 valence electrons. The van der Waals surface area contributed by atoms with Gasteiger partial charge in [0.15, 0.2) is 0 Å². The van der Waals surface area contributed by atoms with Crippen LogP contribution >= 0.6 is 0 Å². The first-order chi connectivity index (χ1) is 11.6. The molecule has 0 aliphatic carbocycles. The number of anilines is 1. The smallest absolute Gasteiger partial charge is 0.141 e. The van der Waals surface area contributed by atoms with E-state index in [0.29, 0.717) is 17.9 Å². The zero-order valence-electron chi connectivity index (χ0n) is 14.5. The van der Waals surface area contributed by atoms with E-state index in [0.717, 1.165) is 31.6 Å². The van der Waals surface area contributed by atoms with Gasteiger partial charge >= 0.3 is 0 Å². The molecule has 5 nitrogen and oxygen atoms in total. The summed E-state index contributed by atoms with van der Waals surface area (Å²) in [6, 6.07) is 9.55. The number of ether oxygens (including phenoxy) is 1. The van der Waals surface area contributed by atoms with Crippen LogP contribution in [0.4, 0.5) is 5.69 Å². The summed E-state index contributed by atoms with van der Waals surface area (Å²) in [6.45, 7) is 4.92. The number of likely N-dealkylation sites (N-methyl/N-ethyl adjacent to an activating group) is 1. The van der Waals surface area contributed by atoms with E-state index in [4.69, 9.17) is 10.5 Å². The molecular weight excluding hydrogens is 302 g/mol. The molecule has 24 heavy (non-hydrogen) atoms. The normalized spacial score (nSPS) is 12.3. The Hall–Kier alpha value is -2.11. The Morgan fingerprint density at radius 3 is 2.58 bits per heavy atom. The molecule has 1 aromatic heterocycles. The lowest BCUT2D eigenvalue weighted by atomic mass is 10.0. The fourth-order valence-electron chi connectivity index (χ4n) is 2.70. The first kappa shape index (κ1) is 18.2. The number of hydrogen-bond donors (Lipinski definition) is 2. The van der Waals surface area contributed by atoms with Crippen LogP contribution < -0.4 is 10.5 Å². The highest BCUT2D eigenvalue weighted by Crippen LogP contribution is 2.26. The zero-order valence-corrected chi connectivity index (χ0v) is 14.5. The van der Waals surface area contributed by atoms with Gasteiger partial charge in [-0.3, -0.25) is 4.98 Å². The lowest BCUT2D eigenvalue weighted by Crippen LogP contribution is -2.28. The number of benzene rings is 1. The van der Waals surface area contributed by atoms with Crippen LogP contribution in [0.3, 0.4) is 0 Å². The summed E-state index contributed by atoms with van der Waals surface area (Å²) in [6.07, 6.45) is 4.79. The molecule has 3 N–H and O–H groups in total. The van der Waals surface area contributed by atoms with Crippen molar-refractivity contribution in [3.63, 3.8) is 0 Å². The largest absolute Gasteiger partial charge is 0.495 e. The SMILES string of the molecule is CCN(CCc1ccncc1)CCC(O)c1ccc(OC)c(N)c1. The number of aromatic nitrogens is 1. The fourth-order valence-corrected chi connectivity index (χ4v) is 2.70. The van der Waals surface area contributed by atoms with E-state index in [9.17, 15) is 5.11 Å². The Bertz CT molecular complexity index is 619. The minimum atomic E-state index is -0.520. The van der Waals surface area contributed by atoms with Crippen LogP contribution in [0, 0.1) is 0 Å². The molecule has 1 unspecified atom stereocenters. The minimum absolute atomic E-state index is 0.520. The number of methoxy groups -OCH3 is 1. The van der Waals surface area contributed by atoms with Gasteiger partial charge < -0.3 is 20.5 Å². The van der Waals surface area contributed by atoms with E-state index in [2.05, 4.69) is 16.8 Å². The third kappa shape index (κ3) is 5.22. The third-order valence-electron chi connectivity index (χ3n) is 4.27. The van der Waals surface area contributed by atoms with Crippen molar-refractivity contribution in [2.75, 3.05) is 32.5 Å². The van der Waals surface area contributed by atoms with Gasteiger partial charge in [-0.2, -0.15) is 0 Å². The lowest BCUT2D eigenvalue weighted by Gasteiger charge is -2.22. The second kappa shape index (κ2) is 9.25. The van der Waals surface area contributed by atoms with Crippen LogP contribution in [0.5, 0.6) is 5.75 Å². The van der Waals surface area contributed by atoms with E-state index < -0.39 is 6.10 Å². The topological polar surface area (TPSA) is 71.6 Å². The first-order valence-electron chi connectivity index (χ1n) is 8.36. The van der Waals surface area contributed by atoms with Crippen LogP contribution in [0.1, 0.15) is 30.6 Å². The number of nitrogen functional groups attached to an aromatic ring is 1. The first-order valence-corrected chi connectivity index (χ1v) is 8.36. The molecule has 0 aliphatic heterocycles. The number of aliphatic hydroxyl groups excluding tert-OH is 1. The highest BCUT2D eigenvalue weighted by atomic mass is 16.5. The Balaban J connectivity index is 1.84. The van der Waals surface area contributed by atoms with Crippen molar-refractivity contribution < 1.29 is 9.84 Å². The van der Waals surface area contributed by atoms with Gasteiger partial charge in [-0.05, 0) is 54.8 Å². The minimum Gasteiger partial charge on any atom is -0.495 e. The maximum atomic E-state index is 10.4. The standard InChI is InChI=1S/C19H27N3O2/c1-3-22(12-8-15-6-10-21-11-7-15)13-9-18(23)16-4-5-19(24-2)17(20)14-16/h4-7,10-11,14,18,23H,3,8-9,12-13,20H2,1-2H3. The second-order valence-electron chi connectivity index (χ2n) is 5.85. The van der Waals surface area contributed by atoms with Crippen LogP contribution in [-0.4, -0.2) is 41.7 Å². The van der Waals surface area contributed by atoms with Gasteiger partial charge in [0.2, 0.25) is 0 Å². The van der Waals surface area contributed by atoms with Gasteiger partial charge in [0.25, 0.3) is 0 Å². The number of nitrogens with zero attached hydrogens (tertiary/aromatic N) is 2. The molecule has 0 bridgehead atoms. The summed E-state index contributed by atoms with van der Waals surface area (Å²) in [5, 5.41) is 10.4. The Morgan fingerprint density at radius 2 is 1.96 bits per heavy atom. The maximum absolute atomic E-state index is 10.4. The van der Waals surface area contributed by atoms with Crippen molar-refractivity contribution >= 4 is 5.69 Å². The molecule has 5 heteroatoms. The highest BCUT2D eigenvalue weighted by molar-refractivity contribution is 5.54. The molecule has 0 spiro atoms. The number of rotatable bonds is 9. The summed E-state index contributed by atoms with van der Waals surface area (Å²) in [5.41, 5.74) is 8.58. The molecule has 0 aliphatic rings. The van der Waals surface area contributed by atoms with E-state index >= 15 is 0 Å². The van der Waals surface area contributed by atoms with Gasteiger partial charge in [-0.15, -0.1) is 0 Å². The maximum Gasteiger partial charge on any atom is 0.141 e. The van der Waals surface area contributed by atoms with Crippen molar-refractivity contribution in [3.8, 4) is 5.75 Å². The van der Waals surface area contributed by atoms with Gasteiger partial charge in [-0.25, -0.2) is 0 Å². The summed E-state index contributed by atoms with van der Waals surface area (Å²) in [4.78, 5) is 6.38. The van der Waals surface area contributed by atoms with Gasteiger partial charge in [0, 0.05) is 25.5 Å². The molecule has 2 aromatic rings. The number of pyridine rings is 1. The quantitative estimate of drug-likeness (QED) is 0.692. The summed E-state index contributed by atoms with van der Waals surface area (Å²) in [7, 11) is 1.59. The molecule has 0 radical (unpaired) electrons. The molecule has 2 rings (SSSR count). The molecule has 0 saturated heterocycles. The van der Waals surface area contributed by atoms with E-state index in [1.54, 1.807) is 19.2 Å². The van der Waals surface area contributed by atoms with Crippen LogP contribution in [-0.2, 0) is 6.42 Å². The molecule has 1 aromatic carbocycles. The molecule has 0 fully saturated rings. The molecule has 1 heterocycles.